The molecule has 2 aliphatic heterocycles. The third-order valence-electron chi connectivity index (χ3n) is 5.81. The highest BCUT2D eigenvalue weighted by Gasteiger charge is 2.43. The zero-order chi connectivity index (χ0) is 18.9. The first-order valence-corrected chi connectivity index (χ1v) is 10.4. The summed E-state index contributed by atoms with van der Waals surface area (Å²) in [6, 6.07) is 12.2. The normalized spacial score (nSPS) is 23.0. The lowest BCUT2D eigenvalue weighted by molar-refractivity contribution is 0.0679. The number of likely N-dealkylation sites (tertiary alicyclic amines) is 2. The number of thiophene rings is 1. The van der Waals surface area contributed by atoms with Crippen molar-refractivity contribution in [3.8, 4) is 0 Å². The summed E-state index contributed by atoms with van der Waals surface area (Å²) in [6.07, 6.45) is 3.41. The Morgan fingerprint density at radius 3 is 2.67 bits per heavy atom. The van der Waals surface area contributed by atoms with E-state index in [4.69, 9.17) is 5.73 Å². The minimum atomic E-state index is -0.480. The van der Waals surface area contributed by atoms with Crippen LogP contribution in [0.4, 0.5) is 0 Å². The Morgan fingerprint density at radius 1 is 1.11 bits per heavy atom. The molecule has 4 rings (SSSR count). The first-order chi connectivity index (χ1) is 13.0. The molecule has 5 nitrogen and oxygen atoms in total. The second kappa shape index (κ2) is 7.44. The number of rotatable bonds is 4. The van der Waals surface area contributed by atoms with E-state index in [1.54, 1.807) is 11.4 Å². The van der Waals surface area contributed by atoms with Crippen LogP contribution in [0.5, 0.6) is 0 Å². The SMILES string of the molecule is NC(=O)c1csc(C(=O)N2CC[C@@]3(CCCN(Cc4ccccc4)C3)C2)c1. The van der Waals surface area contributed by atoms with E-state index in [1.807, 2.05) is 4.90 Å². The monoisotopic (exact) mass is 383 g/mol. The van der Waals surface area contributed by atoms with Gasteiger partial charge in [0, 0.05) is 37.0 Å². The Hall–Kier alpha value is -2.18. The number of carbonyl (C=O) groups is 2. The maximum Gasteiger partial charge on any atom is 0.263 e. The van der Waals surface area contributed by atoms with Crippen molar-refractivity contribution in [2.45, 2.75) is 25.8 Å². The van der Waals surface area contributed by atoms with Crippen molar-refractivity contribution < 1.29 is 9.59 Å². The van der Waals surface area contributed by atoms with E-state index in [0.29, 0.717) is 10.4 Å². The average Bonchev–Trinajstić information content (AvgIpc) is 3.30. The van der Waals surface area contributed by atoms with Crippen LogP contribution >= 0.6 is 11.3 Å². The molecule has 0 aliphatic carbocycles. The molecule has 1 aromatic carbocycles. The highest BCUT2D eigenvalue weighted by Crippen LogP contribution is 2.40. The lowest BCUT2D eigenvalue weighted by Crippen LogP contribution is -2.44. The summed E-state index contributed by atoms with van der Waals surface area (Å²) in [5.41, 5.74) is 7.27. The molecule has 2 N–H and O–H groups in total. The number of benzene rings is 1. The van der Waals surface area contributed by atoms with Gasteiger partial charge in [-0.1, -0.05) is 30.3 Å². The van der Waals surface area contributed by atoms with Crippen LogP contribution in [0.2, 0.25) is 0 Å². The molecule has 3 heterocycles. The van der Waals surface area contributed by atoms with Gasteiger partial charge in [-0.2, -0.15) is 0 Å². The van der Waals surface area contributed by atoms with Crippen LogP contribution < -0.4 is 5.73 Å². The van der Waals surface area contributed by atoms with E-state index in [0.717, 1.165) is 39.1 Å². The van der Waals surface area contributed by atoms with Gasteiger partial charge in [-0.15, -0.1) is 11.3 Å². The molecule has 1 aromatic heterocycles. The highest BCUT2D eigenvalue weighted by atomic mass is 32.1. The van der Waals surface area contributed by atoms with Crippen LogP contribution in [0.1, 0.15) is 44.9 Å². The number of amides is 2. The second-order valence-corrected chi connectivity index (χ2v) is 8.75. The predicted octanol–water partition coefficient (Wildman–Crippen LogP) is 2.98. The van der Waals surface area contributed by atoms with Crippen molar-refractivity contribution in [2.75, 3.05) is 26.2 Å². The molecule has 2 aromatic rings. The van der Waals surface area contributed by atoms with Crippen molar-refractivity contribution >= 4 is 23.2 Å². The van der Waals surface area contributed by atoms with Gasteiger partial charge >= 0.3 is 0 Å². The summed E-state index contributed by atoms with van der Waals surface area (Å²) < 4.78 is 0. The van der Waals surface area contributed by atoms with E-state index < -0.39 is 5.91 Å². The van der Waals surface area contributed by atoms with Crippen LogP contribution in [0.3, 0.4) is 0 Å². The molecule has 0 radical (unpaired) electrons. The minimum Gasteiger partial charge on any atom is -0.366 e. The summed E-state index contributed by atoms with van der Waals surface area (Å²) in [5, 5.41) is 1.67. The van der Waals surface area contributed by atoms with Crippen molar-refractivity contribution in [1.29, 1.82) is 0 Å². The largest absolute Gasteiger partial charge is 0.366 e. The Balaban J connectivity index is 1.41. The van der Waals surface area contributed by atoms with E-state index >= 15 is 0 Å². The molecule has 2 fully saturated rings. The quantitative estimate of drug-likeness (QED) is 0.883. The van der Waals surface area contributed by atoms with E-state index in [1.165, 1.54) is 29.7 Å². The van der Waals surface area contributed by atoms with E-state index in [2.05, 4.69) is 35.2 Å². The number of carbonyl (C=O) groups excluding carboxylic acids is 2. The number of primary amides is 1. The van der Waals surface area contributed by atoms with Gasteiger partial charge in [0.05, 0.1) is 10.4 Å². The molecular weight excluding hydrogens is 358 g/mol. The number of nitrogens with zero attached hydrogens (tertiary/aromatic N) is 2. The molecule has 2 amide bonds. The number of nitrogens with two attached hydrogens (primary N) is 1. The molecule has 2 aliphatic rings. The Bertz CT molecular complexity index is 835. The summed E-state index contributed by atoms with van der Waals surface area (Å²) in [4.78, 5) is 29.2. The molecule has 0 saturated carbocycles. The molecule has 142 valence electrons. The summed E-state index contributed by atoms with van der Waals surface area (Å²) >= 11 is 1.31. The molecule has 6 heteroatoms. The Morgan fingerprint density at radius 2 is 1.93 bits per heavy atom. The van der Waals surface area contributed by atoms with Crippen molar-refractivity contribution in [2.24, 2.45) is 11.1 Å². The van der Waals surface area contributed by atoms with Gasteiger partial charge in [0.25, 0.3) is 5.91 Å². The number of hydrogen-bond donors (Lipinski definition) is 1. The molecule has 0 bridgehead atoms. The zero-order valence-corrected chi connectivity index (χ0v) is 16.2. The zero-order valence-electron chi connectivity index (χ0n) is 15.4. The van der Waals surface area contributed by atoms with Crippen LogP contribution in [-0.4, -0.2) is 47.8 Å². The maximum absolute atomic E-state index is 12.9. The van der Waals surface area contributed by atoms with Gasteiger partial charge in [0.2, 0.25) is 5.91 Å². The molecule has 2 saturated heterocycles. The third-order valence-corrected chi connectivity index (χ3v) is 6.73. The second-order valence-electron chi connectivity index (χ2n) is 7.84. The average molecular weight is 384 g/mol. The van der Waals surface area contributed by atoms with Crippen molar-refractivity contribution in [3.05, 3.63) is 57.8 Å². The molecule has 0 unspecified atom stereocenters. The predicted molar refractivity (Wildman–Crippen MR) is 107 cm³/mol. The van der Waals surface area contributed by atoms with Gasteiger partial charge in [-0.3, -0.25) is 14.5 Å². The molecule has 27 heavy (non-hydrogen) atoms. The van der Waals surface area contributed by atoms with Crippen LogP contribution in [-0.2, 0) is 6.54 Å². The molecule has 1 atom stereocenters. The Kier molecular flexibility index (Phi) is 5.02. The first-order valence-electron chi connectivity index (χ1n) is 9.49. The lowest BCUT2D eigenvalue weighted by Gasteiger charge is -2.40. The number of piperidine rings is 1. The van der Waals surface area contributed by atoms with Crippen LogP contribution in [0, 0.1) is 5.41 Å². The molecular formula is C21H25N3O2S. The standard InChI is InChI=1S/C21H25N3O2S/c22-19(25)17-11-18(27-13-17)20(26)24-10-8-21(15-24)7-4-9-23(14-21)12-16-5-2-1-3-6-16/h1-3,5-6,11,13H,4,7-10,12,14-15H2,(H2,22,25)/t21-/m1/s1. The molecule has 1 spiro atoms. The van der Waals surface area contributed by atoms with Crippen LogP contribution in [0.15, 0.2) is 41.8 Å². The van der Waals surface area contributed by atoms with E-state index in [-0.39, 0.29) is 11.3 Å². The summed E-state index contributed by atoms with van der Waals surface area (Å²) in [6.45, 7) is 4.74. The van der Waals surface area contributed by atoms with Gasteiger partial charge in [0.1, 0.15) is 0 Å². The van der Waals surface area contributed by atoms with Crippen molar-refractivity contribution in [1.82, 2.24) is 9.80 Å². The minimum absolute atomic E-state index is 0.0320. The maximum atomic E-state index is 12.9. The third kappa shape index (κ3) is 3.92. The Labute approximate surface area is 163 Å². The smallest absolute Gasteiger partial charge is 0.263 e. The summed E-state index contributed by atoms with van der Waals surface area (Å²) in [5.74, 6) is -0.448. The fourth-order valence-electron chi connectivity index (χ4n) is 4.46. The van der Waals surface area contributed by atoms with Crippen LogP contribution in [0.25, 0.3) is 0 Å². The van der Waals surface area contributed by atoms with E-state index in [9.17, 15) is 9.59 Å². The van der Waals surface area contributed by atoms with Gasteiger partial charge in [-0.25, -0.2) is 0 Å². The van der Waals surface area contributed by atoms with Gasteiger partial charge < -0.3 is 10.6 Å². The topological polar surface area (TPSA) is 66.6 Å². The summed E-state index contributed by atoms with van der Waals surface area (Å²) in [7, 11) is 0. The first kappa shape index (κ1) is 18.2. The van der Waals surface area contributed by atoms with Crippen molar-refractivity contribution in [3.63, 3.8) is 0 Å². The highest BCUT2D eigenvalue weighted by molar-refractivity contribution is 7.12. The lowest BCUT2D eigenvalue weighted by atomic mass is 9.79. The van der Waals surface area contributed by atoms with Gasteiger partial charge in [-0.05, 0) is 37.4 Å². The van der Waals surface area contributed by atoms with Gasteiger partial charge in [0.15, 0.2) is 0 Å². The fourth-order valence-corrected chi connectivity index (χ4v) is 5.32. The number of hydrogen-bond acceptors (Lipinski definition) is 4. The fraction of sp³-hybridized carbons (Fsp3) is 0.429.